The summed E-state index contributed by atoms with van der Waals surface area (Å²) in [6, 6.07) is 8.35. The molecule has 1 aromatic heterocycles. The minimum absolute atomic E-state index is 0.235. The molecule has 4 nitrogen and oxygen atoms in total. The van der Waals surface area contributed by atoms with Crippen LogP contribution in [0.1, 0.15) is 5.56 Å². The zero-order valence-electron chi connectivity index (χ0n) is 12.0. The van der Waals surface area contributed by atoms with E-state index in [0.717, 1.165) is 5.56 Å². The molecule has 0 unspecified atom stereocenters. The highest BCUT2D eigenvalue weighted by Gasteiger charge is 2.11. The molecule has 0 aliphatic rings. The van der Waals surface area contributed by atoms with Crippen LogP contribution in [0.15, 0.2) is 41.5 Å². The van der Waals surface area contributed by atoms with E-state index in [9.17, 15) is 4.79 Å². The molecule has 3 rings (SSSR count). The van der Waals surface area contributed by atoms with Crippen molar-refractivity contribution in [3.63, 3.8) is 0 Å². The quantitative estimate of drug-likeness (QED) is 0.687. The van der Waals surface area contributed by atoms with Gasteiger partial charge in [0.2, 0.25) is 0 Å². The molecule has 0 saturated heterocycles. The topological polar surface area (TPSA) is 44.1 Å². The van der Waals surface area contributed by atoms with Crippen molar-refractivity contribution in [3.8, 4) is 5.75 Å². The summed E-state index contributed by atoms with van der Waals surface area (Å²) in [5.74, 6) is 0.644. The molecule has 0 aliphatic heterocycles. The number of rotatable bonds is 3. The lowest BCUT2D eigenvalue weighted by atomic mass is 10.2. The van der Waals surface area contributed by atoms with Gasteiger partial charge in [-0.1, -0.05) is 34.8 Å². The van der Waals surface area contributed by atoms with Crippen molar-refractivity contribution in [2.24, 2.45) is 0 Å². The van der Waals surface area contributed by atoms with Gasteiger partial charge in [-0.3, -0.25) is 9.36 Å². The third-order valence-corrected chi connectivity index (χ3v) is 4.17. The van der Waals surface area contributed by atoms with Gasteiger partial charge in [0.15, 0.2) is 0 Å². The van der Waals surface area contributed by atoms with Crippen molar-refractivity contribution >= 4 is 45.7 Å². The van der Waals surface area contributed by atoms with E-state index in [-0.39, 0.29) is 12.1 Å². The maximum absolute atomic E-state index is 12.7. The first-order valence-electron chi connectivity index (χ1n) is 6.66. The molecule has 23 heavy (non-hydrogen) atoms. The fourth-order valence-corrected chi connectivity index (χ4v) is 3.10. The van der Waals surface area contributed by atoms with Crippen molar-refractivity contribution in [1.29, 1.82) is 0 Å². The smallest absolute Gasteiger partial charge is 0.261 e. The van der Waals surface area contributed by atoms with Crippen molar-refractivity contribution in [1.82, 2.24) is 9.55 Å². The molecule has 0 N–H and O–H groups in total. The highest BCUT2D eigenvalue weighted by molar-refractivity contribution is 6.38. The molecule has 118 valence electrons. The predicted molar refractivity (Wildman–Crippen MR) is 93.1 cm³/mol. The van der Waals surface area contributed by atoms with Gasteiger partial charge in [0.05, 0.1) is 35.9 Å². The largest absolute Gasteiger partial charge is 0.496 e. The van der Waals surface area contributed by atoms with Gasteiger partial charge in [-0.05, 0) is 30.3 Å². The first-order valence-corrected chi connectivity index (χ1v) is 7.79. The number of hydrogen-bond acceptors (Lipinski definition) is 3. The van der Waals surface area contributed by atoms with Crippen LogP contribution in [-0.2, 0) is 6.54 Å². The Morgan fingerprint density at radius 1 is 1.13 bits per heavy atom. The third kappa shape index (κ3) is 3.15. The van der Waals surface area contributed by atoms with E-state index in [2.05, 4.69) is 4.98 Å². The zero-order chi connectivity index (χ0) is 16.6. The lowest BCUT2D eigenvalue weighted by Crippen LogP contribution is -2.21. The van der Waals surface area contributed by atoms with Crippen LogP contribution < -0.4 is 10.3 Å². The van der Waals surface area contributed by atoms with E-state index in [4.69, 9.17) is 39.5 Å². The lowest BCUT2D eigenvalue weighted by molar-refractivity contribution is 0.408. The number of aromatic nitrogens is 2. The second-order valence-corrected chi connectivity index (χ2v) is 6.20. The highest BCUT2D eigenvalue weighted by atomic mass is 35.5. The Bertz CT molecular complexity index is 954. The number of benzene rings is 2. The molecule has 0 spiro atoms. The molecule has 3 aromatic rings. The van der Waals surface area contributed by atoms with Gasteiger partial charge in [-0.2, -0.15) is 0 Å². The number of fused-ring (bicyclic) bond motifs is 1. The predicted octanol–water partition coefficient (Wildman–Crippen LogP) is 4.41. The Kier molecular flexibility index (Phi) is 4.48. The SMILES string of the molecule is COc1ccc(Cl)cc1Cn1cnc2c(Cl)cc(Cl)cc2c1=O. The summed E-state index contributed by atoms with van der Waals surface area (Å²) < 4.78 is 6.76. The Morgan fingerprint density at radius 2 is 1.91 bits per heavy atom. The second-order valence-electron chi connectivity index (χ2n) is 4.92. The Hall–Kier alpha value is -1.75. The van der Waals surface area contributed by atoms with Crippen molar-refractivity contribution in [2.75, 3.05) is 7.11 Å². The molecule has 0 aliphatic carbocycles. The normalized spacial score (nSPS) is 11.0. The van der Waals surface area contributed by atoms with Gasteiger partial charge in [0.25, 0.3) is 5.56 Å². The van der Waals surface area contributed by atoms with Gasteiger partial charge in [-0.15, -0.1) is 0 Å². The fourth-order valence-electron chi connectivity index (χ4n) is 2.36. The van der Waals surface area contributed by atoms with E-state index in [0.29, 0.717) is 31.7 Å². The summed E-state index contributed by atoms with van der Waals surface area (Å²) in [4.78, 5) is 16.9. The molecule has 0 bridgehead atoms. The summed E-state index contributed by atoms with van der Waals surface area (Å²) in [6.45, 7) is 0.273. The maximum Gasteiger partial charge on any atom is 0.261 e. The molecule has 0 amide bonds. The second kappa shape index (κ2) is 6.40. The summed E-state index contributed by atoms with van der Waals surface area (Å²) in [5.41, 5.74) is 0.966. The maximum atomic E-state index is 12.7. The summed E-state index contributed by atoms with van der Waals surface area (Å²) in [5, 5.41) is 1.66. The van der Waals surface area contributed by atoms with Crippen molar-refractivity contribution in [2.45, 2.75) is 6.54 Å². The number of halogens is 3. The molecular formula is C16H11Cl3N2O2. The molecule has 0 fully saturated rings. The molecule has 0 saturated carbocycles. The highest BCUT2D eigenvalue weighted by Crippen LogP contribution is 2.25. The number of nitrogens with zero attached hydrogens (tertiary/aromatic N) is 2. The van der Waals surface area contributed by atoms with Crippen molar-refractivity contribution < 1.29 is 4.74 Å². The van der Waals surface area contributed by atoms with Gasteiger partial charge < -0.3 is 4.74 Å². The minimum atomic E-state index is -0.235. The summed E-state index contributed by atoms with van der Waals surface area (Å²) in [7, 11) is 1.56. The summed E-state index contributed by atoms with van der Waals surface area (Å²) in [6.07, 6.45) is 1.45. The molecule has 0 radical (unpaired) electrons. The third-order valence-electron chi connectivity index (χ3n) is 3.43. The van der Waals surface area contributed by atoms with E-state index >= 15 is 0 Å². The number of methoxy groups -OCH3 is 1. The molecule has 2 aromatic carbocycles. The molecule has 1 heterocycles. The monoisotopic (exact) mass is 368 g/mol. The molecule has 7 heteroatoms. The molecular weight excluding hydrogens is 359 g/mol. The Labute approximate surface area is 147 Å². The van der Waals surface area contributed by atoms with Crippen LogP contribution in [0.5, 0.6) is 5.75 Å². The van der Waals surface area contributed by atoms with Crippen LogP contribution in [0.3, 0.4) is 0 Å². The van der Waals surface area contributed by atoms with Crippen LogP contribution in [-0.4, -0.2) is 16.7 Å². The number of ether oxygens (including phenoxy) is 1. The van der Waals surface area contributed by atoms with Gasteiger partial charge >= 0.3 is 0 Å². The van der Waals surface area contributed by atoms with Gasteiger partial charge in [0, 0.05) is 15.6 Å². The fraction of sp³-hybridized carbons (Fsp3) is 0.125. The van der Waals surface area contributed by atoms with Crippen LogP contribution >= 0.6 is 34.8 Å². The van der Waals surface area contributed by atoms with E-state index in [1.54, 1.807) is 37.4 Å². The lowest BCUT2D eigenvalue weighted by Gasteiger charge is -2.11. The van der Waals surface area contributed by atoms with Crippen LogP contribution in [0, 0.1) is 0 Å². The van der Waals surface area contributed by atoms with Gasteiger partial charge in [0.1, 0.15) is 5.75 Å². The summed E-state index contributed by atoms with van der Waals surface area (Å²) >= 11 is 18.1. The first kappa shape index (κ1) is 16.1. The van der Waals surface area contributed by atoms with Gasteiger partial charge in [-0.25, -0.2) is 4.98 Å². The zero-order valence-corrected chi connectivity index (χ0v) is 14.3. The molecule has 0 atom stereocenters. The standard InChI is InChI=1S/C16H11Cl3N2O2/c1-23-14-3-2-10(17)4-9(14)7-21-8-20-15-12(16(21)22)5-11(18)6-13(15)19/h2-6,8H,7H2,1H3. The average molecular weight is 370 g/mol. The average Bonchev–Trinajstić information content (AvgIpc) is 2.51. The van der Waals surface area contributed by atoms with Crippen molar-refractivity contribution in [3.05, 3.63) is 67.6 Å². The van der Waals surface area contributed by atoms with E-state index in [1.165, 1.54) is 10.9 Å². The van der Waals surface area contributed by atoms with E-state index in [1.807, 2.05) is 0 Å². The number of hydrogen-bond donors (Lipinski definition) is 0. The van der Waals surface area contributed by atoms with Crippen LogP contribution in [0.2, 0.25) is 15.1 Å². The van der Waals surface area contributed by atoms with E-state index < -0.39 is 0 Å². The first-order chi connectivity index (χ1) is 11.0. The minimum Gasteiger partial charge on any atom is -0.496 e. The Morgan fingerprint density at radius 3 is 2.65 bits per heavy atom. The van der Waals surface area contributed by atoms with Crippen LogP contribution in [0.4, 0.5) is 0 Å². The Balaban J connectivity index is 2.13. The van der Waals surface area contributed by atoms with Crippen LogP contribution in [0.25, 0.3) is 10.9 Å².